The van der Waals surface area contributed by atoms with E-state index in [9.17, 15) is 9.59 Å². The van der Waals surface area contributed by atoms with Gasteiger partial charge in [-0.2, -0.15) is 0 Å². The molecule has 5 nitrogen and oxygen atoms in total. The molecule has 1 heterocycles. The predicted octanol–water partition coefficient (Wildman–Crippen LogP) is -0.240. The van der Waals surface area contributed by atoms with Gasteiger partial charge in [-0.25, -0.2) is 0 Å². The summed E-state index contributed by atoms with van der Waals surface area (Å²) in [4.78, 5) is 24.8. The number of hydrogen-bond donors (Lipinski definition) is 1. The van der Waals surface area contributed by atoms with Crippen LogP contribution in [0.4, 0.5) is 0 Å². The molecule has 0 aromatic rings. The first kappa shape index (κ1) is 12.0. The van der Waals surface area contributed by atoms with Crippen LogP contribution in [0.3, 0.4) is 0 Å². The minimum absolute atomic E-state index is 0.0231. The van der Waals surface area contributed by atoms with Gasteiger partial charge in [0.15, 0.2) is 0 Å². The third kappa shape index (κ3) is 2.92. The number of methoxy groups -OCH3 is 1. The Morgan fingerprint density at radius 3 is 2.87 bits per heavy atom. The lowest BCUT2D eigenvalue weighted by atomic mass is 10.1. The van der Waals surface area contributed by atoms with Gasteiger partial charge in [0.05, 0.1) is 13.2 Å². The van der Waals surface area contributed by atoms with Crippen LogP contribution in [0.5, 0.6) is 0 Å². The third-order valence-corrected chi connectivity index (χ3v) is 2.51. The van der Waals surface area contributed by atoms with Crippen molar-refractivity contribution in [2.45, 2.75) is 25.8 Å². The van der Waals surface area contributed by atoms with Crippen molar-refractivity contribution in [3.05, 3.63) is 0 Å². The molecular weight excluding hydrogens is 196 g/mol. The van der Waals surface area contributed by atoms with Gasteiger partial charge in [-0.15, -0.1) is 0 Å². The lowest BCUT2D eigenvalue weighted by Crippen LogP contribution is -2.58. The molecule has 1 rings (SSSR count). The van der Waals surface area contributed by atoms with Gasteiger partial charge in [-0.05, 0) is 6.42 Å². The van der Waals surface area contributed by atoms with Gasteiger partial charge < -0.3 is 15.0 Å². The van der Waals surface area contributed by atoms with Gasteiger partial charge in [0.25, 0.3) is 0 Å². The van der Waals surface area contributed by atoms with Crippen molar-refractivity contribution in [2.24, 2.45) is 0 Å². The van der Waals surface area contributed by atoms with Crippen LogP contribution in [-0.2, 0) is 14.3 Å². The lowest BCUT2D eigenvalue weighted by molar-refractivity contribution is -0.146. The Balaban J connectivity index is 2.64. The van der Waals surface area contributed by atoms with E-state index < -0.39 is 0 Å². The highest BCUT2D eigenvalue weighted by Gasteiger charge is 2.32. The van der Waals surface area contributed by atoms with Crippen LogP contribution in [0, 0.1) is 0 Å². The van der Waals surface area contributed by atoms with Crippen LogP contribution in [0.25, 0.3) is 0 Å². The Morgan fingerprint density at radius 2 is 2.27 bits per heavy atom. The molecule has 0 radical (unpaired) electrons. The number of amides is 2. The summed E-state index contributed by atoms with van der Waals surface area (Å²) in [6.45, 7) is 3.08. The van der Waals surface area contributed by atoms with E-state index in [1.165, 1.54) is 0 Å². The molecule has 0 aromatic heterocycles. The zero-order chi connectivity index (χ0) is 11.3. The van der Waals surface area contributed by atoms with E-state index in [-0.39, 0.29) is 24.4 Å². The van der Waals surface area contributed by atoms with Gasteiger partial charge in [0, 0.05) is 13.7 Å². The first-order valence-electron chi connectivity index (χ1n) is 5.26. The number of piperazine rings is 1. The zero-order valence-electron chi connectivity index (χ0n) is 9.28. The number of nitrogens with zero attached hydrogens (tertiary/aromatic N) is 1. The van der Waals surface area contributed by atoms with Crippen molar-refractivity contribution in [3.63, 3.8) is 0 Å². The normalized spacial score (nSPS) is 21.7. The smallest absolute Gasteiger partial charge is 0.243 e. The maximum absolute atomic E-state index is 11.6. The van der Waals surface area contributed by atoms with Crippen molar-refractivity contribution in [1.82, 2.24) is 10.2 Å². The quantitative estimate of drug-likeness (QED) is 0.687. The molecule has 0 spiro atoms. The van der Waals surface area contributed by atoms with Gasteiger partial charge in [0.1, 0.15) is 6.04 Å². The summed E-state index contributed by atoms with van der Waals surface area (Å²) in [6, 6.07) is -0.314. The fourth-order valence-corrected chi connectivity index (χ4v) is 1.73. The second kappa shape index (κ2) is 5.70. The summed E-state index contributed by atoms with van der Waals surface area (Å²) >= 11 is 0. The first-order valence-corrected chi connectivity index (χ1v) is 5.26. The minimum Gasteiger partial charge on any atom is -0.383 e. The van der Waals surface area contributed by atoms with E-state index in [2.05, 4.69) is 5.32 Å². The molecule has 1 unspecified atom stereocenters. The first-order chi connectivity index (χ1) is 7.20. The summed E-state index contributed by atoms with van der Waals surface area (Å²) in [5, 5.41) is 2.60. The van der Waals surface area contributed by atoms with Crippen molar-refractivity contribution >= 4 is 11.8 Å². The molecule has 5 heteroatoms. The molecule has 0 saturated carbocycles. The Bertz CT molecular complexity index is 243. The molecule has 1 saturated heterocycles. The molecular formula is C10H18N2O3. The van der Waals surface area contributed by atoms with Crippen LogP contribution in [-0.4, -0.2) is 49.6 Å². The minimum atomic E-state index is -0.314. The highest BCUT2D eigenvalue weighted by Crippen LogP contribution is 2.11. The summed E-state index contributed by atoms with van der Waals surface area (Å²) in [7, 11) is 1.59. The van der Waals surface area contributed by atoms with Crippen molar-refractivity contribution < 1.29 is 14.3 Å². The standard InChI is InChI=1S/C10H18N2O3/c1-3-4-8-10(14)11-7-9(13)12(8)5-6-15-2/h8H,3-7H2,1-2H3,(H,11,14). The maximum atomic E-state index is 11.6. The fraction of sp³-hybridized carbons (Fsp3) is 0.800. The number of hydrogen-bond acceptors (Lipinski definition) is 3. The molecule has 1 N–H and O–H groups in total. The van der Waals surface area contributed by atoms with Gasteiger partial charge in [0.2, 0.25) is 11.8 Å². The SMILES string of the molecule is CCCC1C(=O)NCC(=O)N1CCOC. The van der Waals surface area contributed by atoms with Crippen LogP contribution in [0.1, 0.15) is 19.8 Å². The summed E-state index contributed by atoms with van der Waals surface area (Å²) in [5.41, 5.74) is 0. The Morgan fingerprint density at radius 1 is 1.53 bits per heavy atom. The molecule has 0 bridgehead atoms. The number of carbonyl (C=O) groups is 2. The Kier molecular flexibility index (Phi) is 4.55. The van der Waals surface area contributed by atoms with E-state index in [4.69, 9.17) is 4.74 Å². The fourth-order valence-electron chi connectivity index (χ4n) is 1.73. The monoisotopic (exact) mass is 214 g/mol. The maximum Gasteiger partial charge on any atom is 0.243 e. The molecule has 1 fully saturated rings. The molecule has 1 aliphatic rings. The highest BCUT2D eigenvalue weighted by atomic mass is 16.5. The molecule has 1 atom stereocenters. The summed E-state index contributed by atoms with van der Waals surface area (Å²) in [5.74, 6) is -0.0716. The number of rotatable bonds is 5. The van der Waals surface area contributed by atoms with Crippen LogP contribution in [0.2, 0.25) is 0 Å². The lowest BCUT2D eigenvalue weighted by Gasteiger charge is -2.34. The number of carbonyl (C=O) groups excluding carboxylic acids is 2. The van der Waals surface area contributed by atoms with Gasteiger partial charge >= 0.3 is 0 Å². The van der Waals surface area contributed by atoms with Crippen molar-refractivity contribution in [1.29, 1.82) is 0 Å². The van der Waals surface area contributed by atoms with E-state index in [0.29, 0.717) is 19.6 Å². The molecule has 0 aliphatic carbocycles. The Hall–Kier alpha value is -1.10. The highest BCUT2D eigenvalue weighted by molar-refractivity contribution is 5.94. The molecule has 86 valence electrons. The molecule has 1 aliphatic heterocycles. The van der Waals surface area contributed by atoms with E-state index >= 15 is 0 Å². The predicted molar refractivity (Wildman–Crippen MR) is 55.3 cm³/mol. The number of nitrogens with one attached hydrogen (secondary N) is 1. The van der Waals surface area contributed by atoms with Crippen LogP contribution >= 0.6 is 0 Å². The van der Waals surface area contributed by atoms with Gasteiger partial charge in [-0.1, -0.05) is 13.3 Å². The number of ether oxygens (including phenoxy) is 1. The van der Waals surface area contributed by atoms with E-state index in [1.54, 1.807) is 12.0 Å². The molecule has 2 amide bonds. The molecule has 0 aromatic carbocycles. The molecule has 15 heavy (non-hydrogen) atoms. The van der Waals surface area contributed by atoms with Crippen molar-refractivity contribution in [3.8, 4) is 0 Å². The summed E-state index contributed by atoms with van der Waals surface area (Å²) in [6.07, 6.45) is 1.59. The summed E-state index contributed by atoms with van der Waals surface area (Å²) < 4.78 is 4.93. The topological polar surface area (TPSA) is 58.6 Å². The zero-order valence-corrected chi connectivity index (χ0v) is 9.28. The second-order valence-corrected chi connectivity index (χ2v) is 3.60. The Labute approximate surface area is 89.8 Å². The second-order valence-electron chi connectivity index (χ2n) is 3.60. The van der Waals surface area contributed by atoms with Crippen LogP contribution < -0.4 is 5.32 Å². The van der Waals surface area contributed by atoms with Crippen LogP contribution in [0.15, 0.2) is 0 Å². The average molecular weight is 214 g/mol. The largest absolute Gasteiger partial charge is 0.383 e. The van der Waals surface area contributed by atoms with Gasteiger partial charge in [-0.3, -0.25) is 9.59 Å². The van der Waals surface area contributed by atoms with E-state index in [0.717, 1.165) is 6.42 Å². The van der Waals surface area contributed by atoms with E-state index in [1.807, 2.05) is 6.92 Å². The average Bonchev–Trinajstić information content (AvgIpc) is 2.23. The third-order valence-electron chi connectivity index (χ3n) is 2.51. The van der Waals surface area contributed by atoms with Crippen molar-refractivity contribution in [2.75, 3.05) is 26.8 Å².